The van der Waals surface area contributed by atoms with E-state index >= 15 is 0 Å². The average molecular weight is 265 g/mol. The van der Waals surface area contributed by atoms with Crippen LogP contribution >= 0.6 is 0 Å². The number of pyridine rings is 1. The second-order valence-electron chi connectivity index (χ2n) is 5.24. The molecule has 0 aromatic carbocycles. The Hall–Kier alpha value is -1.01. The van der Waals surface area contributed by atoms with Gasteiger partial charge in [0.2, 0.25) is 0 Å². The van der Waals surface area contributed by atoms with Gasteiger partial charge in [-0.3, -0.25) is 9.88 Å². The van der Waals surface area contributed by atoms with Crippen molar-refractivity contribution in [1.29, 1.82) is 0 Å². The van der Waals surface area contributed by atoms with Gasteiger partial charge in [0.05, 0.1) is 31.1 Å². The van der Waals surface area contributed by atoms with Gasteiger partial charge in [-0.2, -0.15) is 0 Å². The van der Waals surface area contributed by atoms with Crippen molar-refractivity contribution in [2.24, 2.45) is 5.73 Å². The van der Waals surface area contributed by atoms with Crippen molar-refractivity contribution in [2.45, 2.75) is 38.1 Å². The Balaban J connectivity index is 2.23. The fourth-order valence-corrected chi connectivity index (χ4v) is 2.63. The zero-order chi connectivity index (χ0) is 13.8. The van der Waals surface area contributed by atoms with Crippen LogP contribution in [-0.2, 0) is 4.74 Å². The van der Waals surface area contributed by atoms with Gasteiger partial charge in [0.15, 0.2) is 0 Å². The summed E-state index contributed by atoms with van der Waals surface area (Å²) in [5, 5.41) is 9.29. The van der Waals surface area contributed by atoms with E-state index in [1.807, 2.05) is 25.1 Å². The molecule has 5 heteroatoms. The van der Waals surface area contributed by atoms with Gasteiger partial charge in [-0.05, 0) is 26.0 Å². The second kappa shape index (κ2) is 6.43. The van der Waals surface area contributed by atoms with Gasteiger partial charge in [0.25, 0.3) is 0 Å². The fourth-order valence-electron chi connectivity index (χ4n) is 2.63. The van der Waals surface area contributed by atoms with Crippen LogP contribution in [-0.4, -0.2) is 52.9 Å². The Kier molecular flexibility index (Phi) is 4.87. The summed E-state index contributed by atoms with van der Waals surface area (Å²) in [6, 6.07) is 6.17. The van der Waals surface area contributed by atoms with Crippen LogP contribution in [0.1, 0.15) is 25.6 Å². The summed E-state index contributed by atoms with van der Waals surface area (Å²) in [6.07, 6.45) is 1.65. The lowest BCUT2D eigenvalue weighted by Gasteiger charge is -2.43. The summed E-state index contributed by atoms with van der Waals surface area (Å²) in [6.45, 7) is 5.44. The van der Waals surface area contributed by atoms with Gasteiger partial charge in [0.1, 0.15) is 0 Å². The van der Waals surface area contributed by atoms with E-state index in [0.717, 1.165) is 5.69 Å². The van der Waals surface area contributed by atoms with Crippen LogP contribution in [0.4, 0.5) is 0 Å². The molecule has 4 atom stereocenters. The highest BCUT2D eigenvalue weighted by Gasteiger charge is 2.34. The highest BCUT2D eigenvalue weighted by molar-refractivity contribution is 5.12. The van der Waals surface area contributed by atoms with Crippen LogP contribution < -0.4 is 5.73 Å². The van der Waals surface area contributed by atoms with Crippen molar-refractivity contribution in [3.63, 3.8) is 0 Å². The highest BCUT2D eigenvalue weighted by atomic mass is 16.5. The maximum absolute atomic E-state index is 9.29. The quantitative estimate of drug-likeness (QED) is 0.832. The second-order valence-corrected chi connectivity index (χ2v) is 5.24. The smallest absolute Gasteiger partial charge is 0.0933 e. The largest absolute Gasteiger partial charge is 0.394 e. The molecule has 0 aliphatic carbocycles. The van der Waals surface area contributed by atoms with Crippen LogP contribution in [0.3, 0.4) is 0 Å². The summed E-state index contributed by atoms with van der Waals surface area (Å²) >= 11 is 0. The monoisotopic (exact) mass is 265 g/mol. The van der Waals surface area contributed by atoms with E-state index in [4.69, 9.17) is 10.5 Å². The molecule has 19 heavy (non-hydrogen) atoms. The van der Waals surface area contributed by atoms with E-state index in [-0.39, 0.29) is 30.8 Å². The molecule has 1 aliphatic rings. The Morgan fingerprint density at radius 2 is 2.37 bits per heavy atom. The van der Waals surface area contributed by atoms with Crippen LogP contribution in [0.5, 0.6) is 0 Å². The molecule has 5 nitrogen and oxygen atoms in total. The van der Waals surface area contributed by atoms with Crippen molar-refractivity contribution >= 4 is 0 Å². The number of morpholine rings is 1. The molecule has 3 N–H and O–H groups in total. The van der Waals surface area contributed by atoms with E-state index < -0.39 is 0 Å². The van der Waals surface area contributed by atoms with E-state index in [0.29, 0.717) is 13.2 Å². The summed E-state index contributed by atoms with van der Waals surface area (Å²) in [4.78, 5) is 6.72. The zero-order valence-corrected chi connectivity index (χ0v) is 11.6. The van der Waals surface area contributed by atoms with Crippen LogP contribution in [0, 0.1) is 0 Å². The van der Waals surface area contributed by atoms with Gasteiger partial charge >= 0.3 is 0 Å². The summed E-state index contributed by atoms with van der Waals surface area (Å²) in [7, 11) is 0. The lowest BCUT2D eigenvalue weighted by molar-refractivity contribution is -0.0946. The first-order valence-corrected chi connectivity index (χ1v) is 6.78. The summed E-state index contributed by atoms with van der Waals surface area (Å²) in [5.74, 6) is 0. The number of rotatable bonds is 4. The standard InChI is InChI=1S/C14H23N3O2/c1-10-9-19-12(8-18)7-17(10)14(11(2)15)13-5-3-4-6-16-13/h3-6,10-12,14,18H,7-9,15H2,1-2H3. The summed E-state index contributed by atoms with van der Waals surface area (Å²) in [5.41, 5.74) is 7.14. The van der Waals surface area contributed by atoms with Crippen LogP contribution in [0.15, 0.2) is 24.4 Å². The van der Waals surface area contributed by atoms with Gasteiger partial charge in [-0.15, -0.1) is 0 Å². The third-order valence-corrected chi connectivity index (χ3v) is 3.60. The molecule has 106 valence electrons. The molecule has 0 spiro atoms. The highest BCUT2D eigenvalue weighted by Crippen LogP contribution is 2.27. The Labute approximate surface area is 114 Å². The molecule has 0 amide bonds. The number of aliphatic hydroxyl groups excluding tert-OH is 1. The lowest BCUT2D eigenvalue weighted by atomic mass is 10.0. The predicted octanol–water partition coefficient (Wildman–Crippen LogP) is 0.551. The lowest BCUT2D eigenvalue weighted by Crippen LogP contribution is -2.54. The molecule has 1 aliphatic heterocycles. The predicted molar refractivity (Wildman–Crippen MR) is 73.6 cm³/mol. The minimum absolute atomic E-state index is 0.0326. The van der Waals surface area contributed by atoms with Crippen LogP contribution in [0.2, 0.25) is 0 Å². The van der Waals surface area contributed by atoms with Gasteiger partial charge in [-0.25, -0.2) is 0 Å². The first-order chi connectivity index (χ1) is 9.13. The Bertz CT molecular complexity index is 386. The number of aromatic nitrogens is 1. The number of nitrogens with zero attached hydrogens (tertiary/aromatic N) is 2. The maximum Gasteiger partial charge on any atom is 0.0933 e. The molecule has 4 unspecified atom stereocenters. The molecule has 1 aromatic heterocycles. The van der Waals surface area contributed by atoms with Crippen molar-refractivity contribution in [3.05, 3.63) is 30.1 Å². The topological polar surface area (TPSA) is 71.6 Å². The number of nitrogens with two attached hydrogens (primary N) is 1. The maximum atomic E-state index is 9.29. The van der Waals surface area contributed by atoms with E-state index in [9.17, 15) is 5.11 Å². The molecule has 1 aromatic rings. The third kappa shape index (κ3) is 3.30. The number of hydrogen-bond acceptors (Lipinski definition) is 5. The van der Waals surface area contributed by atoms with E-state index in [2.05, 4.69) is 16.8 Å². The number of hydrogen-bond donors (Lipinski definition) is 2. The van der Waals surface area contributed by atoms with E-state index in [1.54, 1.807) is 6.20 Å². The molecule has 0 radical (unpaired) electrons. The molecular formula is C14H23N3O2. The first kappa shape index (κ1) is 14.4. The number of aliphatic hydroxyl groups is 1. The molecule has 2 heterocycles. The van der Waals surface area contributed by atoms with Crippen LogP contribution in [0.25, 0.3) is 0 Å². The Morgan fingerprint density at radius 3 is 2.95 bits per heavy atom. The molecule has 0 bridgehead atoms. The fraction of sp³-hybridized carbons (Fsp3) is 0.643. The average Bonchev–Trinajstić information content (AvgIpc) is 2.42. The van der Waals surface area contributed by atoms with Gasteiger partial charge < -0.3 is 15.6 Å². The van der Waals surface area contributed by atoms with Gasteiger partial charge in [0, 0.05) is 24.8 Å². The minimum atomic E-state index is -0.138. The molecule has 1 saturated heterocycles. The molecular weight excluding hydrogens is 242 g/mol. The first-order valence-electron chi connectivity index (χ1n) is 6.78. The summed E-state index contributed by atoms with van der Waals surface area (Å²) < 4.78 is 5.58. The molecule has 0 saturated carbocycles. The zero-order valence-electron chi connectivity index (χ0n) is 11.6. The van der Waals surface area contributed by atoms with Crippen molar-refractivity contribution in [3.8, 4) is 0 Å². The minimum Gasteiger partial charge on any atom is -0.394 e. The molecule has 1 fully saturated rings. The normalized spacial score (nSPS) is 28.0. The van der Waals surface area contributed by atoms with E-state index in [1.165, 1.54) is 0 Å². The number of ether oxygens (including phenoxy) is 1. The Morgan fingerprint density at radius 1 is 1.58 bits per heavy atom. The van der Waals surface area contributed by atoms with Gasteiger partial charge in [-0.1, -0.05) is 6.07 Å². The van der Waals surface area contributed by atoms with Crippen molar-refractivity contribution < 1.29 is 9.84 Å². The van der Waals surface area contributed by atoms with Crippen molar-refractivity contribution in [1.82, 2.24) is 9.88 Å². The van der Waals surface area contributed by atoms with Crippen molar-refractivity contribution in [2.75, 3.05) is 19.8 Å². The molecule has 2 rings (SSSR count). The SMILES string of the molecule is CC(N)C(c1ccccn1)N1CC(CO)OCC1C. The third-order valence-electron chi connectivity index (χ3n) is 3.60.